The van der Waals surface area contributed by atoms with Crippen LogP contribution in [0.2, 0.25) is 0 Å². The maximum absolute atomic E-state index is 13.1. The van der Waals surface area contributed by atoms with Gasteiger partial charge < -0.3 is 4.74 Å². The van der Waals surface area contributed by atoms with Gasteiger partial charge in [-0.05, 0) is 36.8 Å². The molecule has 3 aromatic carbocycles. The molecule has 1 aliphatic rings. The van der Waals surface area contributed by atoms with Gasteiger partial charge in [-0.1, -0.05) is 60.2 Å². The molecule has 0 fully saturated rings. The first-order chi connectivity index (χ1) is 14.0. The van der Waals surface area contributed by atoms with E-state index in [1.54, 1.807) is 36.4 Å². The smallest absolute Gasteiger partial charge is 0.335 e. The molecule has 2 amide bonds. The molecule has 5 heteroatoms. The normalized spacial score (nSPS) is 13.9. The van der Waals surface area contributed by atoms with E-state index < -0.39 is 23.8 Å². The summed E-state index contributed by atoms with van der Waals surface area (Å²) in [5.41, 5.74) is 2.47. The molecule has 0 aromatic heterocycles. The van der Waals surface area contributed by atoms with Crippen LogP contribution >= 0.6 is 0 Å². The number of hydrogen-bond acceptors (Lipinski definition) is 4. The first kappa shape index (κ1) is 18.6. The van der Waals surface area contributed by atoms with E-state index in [0.29, 0.717) is 16.9 Å². The molecule has 29 heavy (non-hydrogen) atoms. The highest BCUT2D eigenvalue weighted by atomic mass is 16.5. The Kier molecular flexibility index (Phi) is 4.96. The van der Waals surface area contributed by atoms with Gasteiger partial charge >= 0.3 is 5.97 Å². The molecule has 0 N–H and O–H groups in total. The maximum Gasteiger partial charge on any atom is 0.335 e. The summed E-state index contributed by atoms with van der Waals surface area (Å²) in [6, 6.07) is 21.8. The third kappa shape index (κ3) is 3.67. The number of benzene rings is 3. The lowest BCUT2D eigenvalue weighted by molar-refractivity contribution is -0.138. The van der Waals surface area contributed by atoms with Crippen LogP contribution in [-0.2, 0) is 11.2 Å². The Bertz CT molecular complexity index is 1040. The summed E-state index contributed by atoms with van der Waals surface area (Å²) in [5.74, 6) is -1.23. The predicted molar refractivity (Wildman–Crippen MR) is 108 cm³/mol. The van der Waals surface area contributed by atoms with Gasteiger partial charge in [-0.3, -0.25) is 14.5 Å². The summed E-state index contributed by atoms with van der Waals surface area (Å²) in [7, 11) is 0. The van der Waals surface area contributed by atoms with Crippen LogP contribution in [0.1, 0.15) is 31.8 Å². The van der Waals surface area contributed by atoms with Crippen molar-refractivity contribution in [3.05, 3.63) is 101 Å². The zero-order valence-corrected chi connectivity index (χ0v) is 15.9. The lowest BCUT2D eigenvalue weighted by atomic mass is 10.0. The molecular formula is C24H19NO4. The van der Waals surface area contributed by atoms with E-state index in [-0.39, 0.29) is 6.42 Å². The minimum absolute atomic E-state index is 0.178. The second-order valence-corrected chi connectivity index (χ2v) is 6.97. The highest BCUT2D eigenvalue weighted by molar-refractivity contribution is 6.22. The van der Waals surface area contributed by atoms with Gasteiger partial charge in [0.1, 0.15) is 11.8 Å². The average Bonchev–Trinajstić information content (AvgIpc) is 2.99. The summed E-state index contributed by atoms with van der Waals surface area (Å²) in [5, 5.41) is 0. The second kappa shape index (κ2) is 7.72. The van der Waals surface area contributed by atoms with Crippen molar-refractivity contribution < 1.29 is 19.1 Å². The largest absolute Gasteiger partial charge is 0.425 e. The van der Waals surface area contributed by atoms with Crippen molar-refractivity contribution in [2.75, 3.05) is 0 Å². The molecule has 0 spiro atoms. The molecule has 0 radical (unpaired) electrons. The van der Waals surface area contributed by atoms with Crippen molar-refractivity contribution >= 4 is 17.8 Å². The molecular weight excluding hydrogens is 366 g/mol. The van der Waals surface area contributed by atoms with E-state index in [1.807, 2.05) is 49.4 Å². The van der Waals surface area contributed by atoms with Gasteiger partial charge in [0.15, 0.2) is 0 Å². The van der Waals surface area contributed by atoms with Crippen LogP contribution in [0, 0.1) is 6.92 Å². The maximum atomic E-state index is 13.1. The Labute approximate surface area is 168 Å². The lowest BCUT2D eigenvalue weighted by Crippen LogP contribution is -2.48. The number of ether oxygens (including phenoxy) is 1. The van der Waals surface area contributed by atoms with Crippen molar-refractivity contribution in [2.45, 2.75) is 19.4 Å². The molecule has 1 heterocycles. The first-order valence-electron chi connectivity index (χ1n) is 9.34. The van der Waals surface area contributed by atoms with Gasteiger partial charge in [-0.25, -0.2) is 4.79 Å². The minimum atomic E-state index is -1.06. The molecule has 0 aliphatic carbocycles. The predicted octanol–water partition coefficient (Wildman–Crippen LogP) is 3.81. The summed E-state index contributed by atoms with van der Waals surface area (Å²) in [6.07, 6.45) is 0.178. The van der Waals surface area contributed by atoms with Crippen LogP contribution < -0.4 is 4.74 Å². The highest BCUT2D eigenvalue weighted by Crippen LogP contribution is 2.27. The van der Waals surface area contributed by atoms with Crippen LogP contribution in [-0.4, -0.2) is 28.7 Å². The monoisotopic (exact) mass is 385 g/mol. The third-order valence-corrected chi connectivity index (χ3v) is 4.92. The minimum Gasteiger partial charge on any atom is -0.425 e. The number of imide groups is 1. The summed E-state index contributed by atoms with van der Waals surface area (Å²) < 4.78 is 5.53. The van der Waals surface area contributed by atoms with Crippen LogP contribution in [0.3, 0.4) is 0 Å². The number of carbonyl (C=O) groups excluding carboxylic acids is 3. The standard InChI is InChI=1S/C24H19NO4/c1-16-11-13-18(14-12-16)29-24(28)21(15-17-7-3-2-4-8-17)25-22(26)19-9-5-6-10-20(19)23(25)27/h2-14,21H,15H2,1H3/t21-/m0/s1. The summed E-state index contributed by atoms with van der Waals surface area (Å²) in [6.45, 7) is 1.93. The van der Waals surface area contributed by atoms with Crippen molar-refractivity contribution in [1.29, 1.82) is 0 Å². The topological polar surface area (TPSA) is 63.7 Å². The van der Waals surface area contributed by atoms with E-state index in [1.165, 1.54) is 0 Å². The van der Waals surface area contributed by atoms with E-state index >= 15 is 0 Å². The lowest BCUT2D eigenvalue weighted by Gasteiger charge is -2.24. The number of hydrogen-bond donors (Lipinski definition) is 0. The highest BCUT2D eigenvalue weighted by Gasteiger charge is 2.43. The molecule has 1 atom stereocenters. The van der Waals surface area contributed by atoms with E-state index in [0.717, 1.165) is 16.0 Å². The van der Waals surface area contributed by atoms with Crippen LogP contribution in [0.4, 0.5) is 0 Å². The van der Waals surface area contributed by atoms with Crippen LogP contribution in [0.5, 0.6) is 5.75 Å². The quantitative estimate of drug-likeness (QED) is 0.381. The Morgan fingerprint density at radius 2 is 1.38 bits per heavy atom. The Morgan fingerprint density at radius 1 is 0.828 bits per heavy atom. The van der Waals surface area contributed by atoms with Crippen molar-refractivity contribution in [3.63, 3.8) is 0 Å². The molecule has 4 rings (SSSR count). The number of esters is 1. The van der Waals surface area contributed by atoms with Crippen LogP contribution in [0.15, 0.2) is 78.9 Å². The van der Waals surface area contributed by atoms with Gasteiger partial charge in [0.25, 0.3) is 11.8 Å². The van der Waals surface area contributed by atoms with Gasteiger partial charge in [-0.15, -0.1) is 0 Å². The number of amides is 2. The Hall–Kier alpha value is -3.73. The fourth-order valence-electron chi connectivity index (χ4n) is 3.40. The van der Waals surface area contributed by atoms with Gasteiger partial charge in [0.05, 0.1) is 11.1 Å². The molecule has 3 aromatic rings. The Balaban J connectivity index is 1.67. The molecule has 0 saturated heterocycles. The van der Waals surface area contributed by atoms with E-state index in [9.17, 15) is 14.4 Å². The van der Waals surface area contributed by atoms with E-state index in [2.05, 4.69) is 0 Å². The summed E-state index contributed by atoms with van der Waals surface area (Å²) in [4.78, 5) is 40.0. The number of rotatable bonds is 5. The van der Waals surface area contributed by atoms with Crippen molar-refractivity contribution in [3.8, 4) is 5.75 Å². The average molecular weight is 385 g/mol. The van der Waals surface area contributed by atoms with E-state index in [4.69, 9.17) is 4.74 Å². The van der Waals surface area contributed by atoms with Crippen molar-refractivity contribution in [2.24, 2.45) is 0 Å². The fourth-order valence-corrected chi connectivity index (χ4v) is 3.40. The SMILES string of the molecule is Cc1ccc(OC(=O)[C@H](Cc2ccccc2)N2C(=O)c3ccccc3C2=O)cc1. The molecule has 144 valence electrons. The molecule has 0 bridgehead atoms. The zero-order chi connectivity index (χ0) is 20.4. The zero-order valence-electron chi connectivity index (χ0n) is 15.9. The van der Waals surface area contributed by atoms with Gasteiger partial charge in [0.2, 0.25) is 0 Å². The number of aryl methyl sites for hydroxylation is 1. The fraction of sp³-hybridized carbons (Fsp3) is 0.125. The molecule has 0 saturated carbocycles. The third-order valence-electron chi connectivity index (χ3n) is 4.92. The molecule has 5 nitrogen and oxygen atoms in total. The van der Waals surface area contributed by atoms with Gasteiger partial charge in [-0.2, -0.15) is 0 Å². The molecule has 1 aliphatic heterocycles. The number of nitrogens with zero attached hydrogens (tertiary/aromatic N) is 1. The summed E-state index contributed by atoms with van der Waals surface area (Å²) >= 11 is 0. The number of carbonyl (C=O) groups is 3. The first-order valence-corrected chi connectivity index (χ1v) is 9.34. The second-order valence-electron chi connectivity index (χ2n) is 6.97. The van der Waals surface area contributed by atoms with Crippen molar-refractivity contribution in [1.82, 2.24) is 4.90 Å². The van der Waals surface area contributed by atoms with Crippen LogP contribution in [0.25, 0.3) is 0 Å². The Morgan fingerprint density at radius 3 is 1.97 bits per heavy atom. The molecule has 0 unspecified atom stereocenters. The number of fused-ring (bicyclic) bond motifs is 1. The van der Waals surface area contributed by atoms with Gasteiger partial charge in [0, 0.05) is 6.42 Å².